The standard InChI is InChI=1S/C28H35N3O6/c1-5-37-28(33)20-7-6-14-30(17-20)18-27(32)31-25(19-8-10-21(34-2)11-9-19)16-24(29-31)23-13-12-22(35-3)15-26(23)36-4/h8-13,15,20,25H,5-7,14,16-18H2,1-4H3/t20-,25-/m0/s1. The van der Waals surface area contributed by atoms with Gasteiger partial charge in [-0.2, -0.15) is 5.10 Å². The van der Waals surface area contributed by atoms with Gasteiger partial charge in [0.25, 0.3) is 5.91 Å². The minimum absolute atomic E-state index is 0.118. The average Bonchev–Trinajstić information content (AvgIpc) is 3.38. The molecule has 198 valence electrons. The number of hydrogen-bond donors (Lipinski definition) is 0. The second-order valence-corrected chi connectivity index (χ2v) is 9.17. The Hall–Kier alpha value is -3.59. The van der Waals surface area contributed by atoms with E-state index in [2.05, 4.69) is 0 Å². The van der Waals surface area contributed by atoms with Crippen LogP contribution in [0.1, 0.15) is 43.4 Å². The van der Waals surface area contributed by atoms with E-state index in [0.29, 0.717) is 31.1 Å². The van der Waals surface area contributed by atoms with Crippen LogP contribution in [0.15, 0.2) is 47.6 Å². The molecular formula is C28H35N3O6. The highest BCUT2D eigenvalue weighted by Crippen LogP contribution is 2.37. The van der Waals surface area contributed by atoms with Crippen LogP contribution in [-0.2, 0) is 14.3 Å². The molecule has 2 heterocycles. The lowest BCUT2D eigenvalue weighted by Gasteiger charge is -2.32. The van der Waals surface area contributed by atoms with Crippen molar-refractivity contribution in [3.63, 3.8) is 0 Å². The summed E-state index contributed by atoms with van der Waals surface area (Å²) < 4.78 is 21.5. The number of methoxy groups -OCH3 is 3. The fourth-order valence-electron chi connectivity index (χ4n) is 4.94. The molecule has 1 saturated heterocycles. The van der Waals surface area contributed by atoms with Crippen molar-refractivity contribution in [1.82, 2.24) is 9.91 Å². The monoisotopic (exact) mass is 509 g/mol. The zero-order valence-corrected chi connectivity index (χ0v) is 21.9. The minimum atomic E-state index is -0.272. The first-order valence-electron chi connectivity index (χ1n) is 12.6. The van der Waals surface area contributed by atoms with E-state index < -0.39 is 0 Å². The summed E-state index contributed by atoms with van der Waals surface area (Å²) in [6.07, 6.45) is 2.16. The Morgan fingerprint density at radius 2 is 1.73 bits per heavy atom. The van der Waals surface area contributed by atoms with E-state index in [1.54, 1.807) is 26.3 Å². The molecule has 0 saturated carbocycles. The molecule has 2 aromatic carbocycles. The van der Waals surface area contributed by atoms with Crippen LogP contribution in [-0.4, -0.2) is 75.1 Å². The lowest BCUT2D eigenvalue weighted by Crippen LogP contribution is -2.44. The number of likely N-dealkylation sites (tertiary alicyclic amines) is 1. The Labute approximate surface area is 217 Å². The SMILES string of the molecule is CCOC(=O)[C@H]1CCCN(CC(=O)N2N=C(c3ccc(OC)cc3OC)C[C@H]2c2ccc(OC)cc2)C1. The van der Waals surface area contributed by atoms with Crippen molar-refractivity contribution in [3.8, 4) is 17.2 Å². The van der Waals surface area contributed by atoms with Crippen molar-refractivity contribution >= 4 is 17.6 Å². The normalized spacial score (nSPS) is 19.8. The van der Waals surface area contributed by atoms with Gasteiger partial charge in [0.2, 0.25) is 0 Å². The first-order chi connectivity index (χ1) is 18.0. The average molecular weight is 510 g/mol. The van der Waals surface area contributed by atoms with E-state index in [9.17, 15) is 9.59 Å². The van der Waals surface area contributed by atoms with E-state index in [0.717, 1.165) is 42.0 Å². The summed E-state index contributed by atoms with van der Waals surface area (Å²) in [5.41, 5.74) is 2.54. The van der Waals surface area contributed by atoms with Gasteiger partial charge in [0.1, 0.15) is 17.2 Å². The number of carbonyl (C=O) groups is 2. The predicted molar refractivity (Wildman–Crippen MR) is 139 cm³/mol. The van der Waals surface area contributed by atoms with Gasteiger partial charge in [-0.15, -0.1) is 0 Å². The summed E-state index contributed by atoms with van der Waals surface area (Å²) >= 11 is 0. The number of nitrogens with zero attached hydrogens (tertiary/aromatic N) is 3. The van der Waals surface area contributed by atoms with Gasteiger partial charge in [-0.1, -0.05) is 12.1 Å². The van der Waals surface area contributed by atoms with Crippen molar-refractivity contribution in [2.45, 2.75) is 32.2 Å². The highest BCUT2D eigenvalue weighted by Gasteiger charge is 2.36. The number of benzene rings is 2. The van der Waals surface area contributed by atoms with Crippen LogP contribution in [0, 0.1) is 5.92 Å². The molecule has 1 fully saturated rings. The second-order valence-electron chi connectivity index (χ2n) is 9.17. The summed E-state index contributed by atoms with van der Waals surface area (Å²) in [7, 11) is 4.84. The minimum Gasteiger partial charge on any atom is -0.497 e. The zero-order valence-electron chi connectivity index (χ0n) is 21.9. The molecule has 4 rings (SSSR count). The van der Waals surface area contributed by atoms with Crippen LogP contribution in [0.5, 0.6) is 17.2 Å². The van der Waals surface area contributed by atoms with Gasteiger partial charge in [-0.3, -0.25) is 14.5 Å². The van der Waals surface area contributed by atoms with Gasteiger partial charge in [-0.25, -0.2) is 5.01 Å². The number of ether oxygens (including phenoxy) is 4. The van der Waals surface area contributed by atoms with Crippen LogP contribution < -0.4 is 14.2 Å². The largest absolute Gasteiger partial charge is 0.497 e. The smallest absolute Gasteiger partial charge is 0.310 e. The van der Waals surface area contributed by atoms with Gasteiger partial charge in [0, 0.05) is 24.6 Å². The molecule has 0 bridgehead atoms. The van der Waals surface area contributed by atoms with E-state index in [1.165, 1.54) is 0 Å². The van der Waals surface area contributed by atoms with Crippen molar-refractivity contribution < 1.29 is 28.5 Å². The quantitative estimate of drug-likeness (QED) is 0.477. The molecule has 1 amide bonds. The Morgan fingerprint density at radius 3 is 2.41 bits per heavy atom. The summed E-state index contributed by atoms with van der Waals surface area (Å²) in [5.74, 6) is 1.54. The van der Waals surface area contributed by atoms with E-state index in [-0.39, 0.29) is 30.4 Å². The maximum absolute atomic E-state index is 13.6. The lowest BCUT2D eigenvalue weighted by molar-refractivity contribution is -0.150. The van der Waals surface area contributed by atoms with Crippen molar-refractivity contribution in [2.24, 2.45) is 11.0 Å². The fourth-order valence-corrected chi connectivity index (χ4v) is 4.94. The number of rotatable bonds is 9. The Bertz CT molecular complexity index is 1130. The van der Waals surface area contributed by atoms with E-state index >= 15 is 0 Å². The number of amides is 1. The highest BCUT2D eigenvalue weighted by atomic mass is 16.5. The third-order valence-electron chi connectivity index (χ3n) is 6.87. The molecule has 9 heteroatoms. The van der Waals surface area contributed by atoms with Gasteiger partial charge in [0.15, 0.2) is 0 Å². The summed E-state index contributed by atoms with van der Waals surface area (Å²) in [6.45, 7) is 3.61. The van der Waals surface area contributed by atoms with Crippen molar-refractivity contribution in [3.05, 3.63) is 53.6 Å². The van der Waals surface area contributed by atoms with Crippen LogP contribution in [0.2, 0.25) is 0 Å². The Balaban J connectivity index is 1.59. The maximum Gasteiger partial charge on any atom is 0.310 e. The fraction of sp³-hybridized carbons (Fsp3) is 0.464. The van der Waals surface area contributed by atoms with Crippen molar-refractivity contribution in [1.29, 1.82) is 0 Å². The predicted octanol–water partition coefficient (Wildman–Crippen LogP) is 3.67. The first kappa shape index (κ1) is 26.5. The van der Waals surface area contributed by atoms with Crippen LogP contribution >= 0.6 is 0 Å². The molecular weight excluding hydrogens is 474 g/mol. The van der Waals surface area contributed by atoms with Crippen molar-refractivity contribution in [2.75, 3.05) is 47.6 Å². The zero-order chi connectivity index (χ0) is 26.4. The summed E-state index contributed by atoms with van der Waals surface area (Å²) in [6, 6.07) is 13.0. The molecule has 9 nitrogen and oxygen atoms in total. The number of esters is 1. The molecule has 0 aliphatic carbocycles. The molecule has 0 aromatic heterocycles. The van der Waals surface area contributed by atoms with E-state index in [4.69, 9.17) is 24.0 Å². The van der Waals surface area contributed by atoms with Gasteiger partial charge in [-0.05, 0) is 56.1 Å². The third-order valence-corrected chi connectivity index (χ3v) is 6.87. The van der Waals surface area contributed by atoms with Gasteiger partial charge < -0.3 is 18.9 Å². The molecule has 2 aromatic rings. The molecule has 0 unspecified atom stereocenters. The third kappa shape index (κ3) is 6.05. The molecule has 2 atom stereocenters. The van der Waals surface area contributed by atoms with E-state index in [1.807, 2.05) is 54.3 Å². The van der Waals surface area contributed by atoms with Crippen LogP contribution in [0.4, 0.5) is 0 Å². The number of hydrogen-bond acceptors (Lipinski definition) is 8. The molecule has 2 aliphatic rings. The second kappa shape index (κ2) is 12.1. The number of carbonyl (C=O) groups excluding carboxylic acids is 2. The summed E-state index contributed by atoms with van der Waals surface area (Å²) in [4.78, 5) is 28.0. The topological polar surface area (TPSA) is 89.9 Å². The van der Waals surface area contributed by atoms with Gasteiger partial charge >= 0.3 is 5.97 Å². The Kier molecular flexibility index (Phi) is 8.66. The highest BCUT2D eigenvalue weighted by molar-refractivity contribution is 6.05. The molecule has 0 N–H and O–H groups in total. The molecule has 2 aliphatic heterocycles. The number of hydrazone groups is 1. The lowest BCUT2D eigenvalue weighted by atomic mass is 9.97. The van der Waals surface area contributed by atoms with Crippen LogP contribution in [0.25, 0.3) is 0 Å². The van der Waals surface area contributed by atoms with Crippen LogP contribution in [0.3, 0.4) is 0 Å². The molecule has 0 radical (unpaired) electrons. The number of piperidine rings is 1. The summed E-state index contributed by atoms with van der Waals surface area (Å²) in [5, 5.41) is 6.38. The first-order valence-corrected chi connectivity index (χ1v) is 12.6. The molecule has 37 heavy (non-hydrogen) atoms. The molecule has 0 spiro atoms. The Morgan fingerprint density at radius 1 is 1.00 bits per heavy atom. The maximum atomic E-state index is 13.6. The van der Waals surface area contributed by atoms with Gasteiger partial charge in [0.05, 0.1) is 52.2 Å².